The third-order valence-corrected chi connectivity index (χ3v) is 2.44. The Morgan fingerprint density at radius 2 is 2.06 bits per heavy atom. The van der Waals surface area contributed by atoms with E-state index in [0.717, 1.165) is 11.1 Å². The minimum atomic E-state index is -0.213. The van der Waals surface area contributed by atoms with E-state index in [4.69, 9.17) is 4.74 Å². The number of aromatic nitrogens is 1. The minimum absolute atomic E-state index is 0.0470. The number of hydrogen-bond acceptors (Lipinski definition) is 3. The van der Waals surface area contributed by atoms with Gasteiger partial charge in [-0.3, -0.25) is 9.36 Å². The Labute approximate surface area is 99.4 Å². The standard InChI is InChI=1S/C13H15NO3/c1-8(2)17-11-4-5-12-10(6-11)7-13(16)14(12)9(3)15/h4-8,16H,1-3H3. The molecule has 2 aromatic rings. The lowest BCUT2D eigenvalue weighted by atomic mass is 10.2. The average molecular weight is 233 g/mol. The van der Waals surface area contributed by atoms with Crippen molar-refractivity contribution in [1.82, 2.24) is 4.57 Å². The molecule has 0 radical (unpaired) electrons. The van der Waals surface area contributed by atoms with Crippen LogP contribution in [0.15, 0.2) is 24.3 Å². The first-order valence-corrected chi connectivity index (χ1v) is 5.51. The lowest BCUT2D eigenvalue weighted by Crippen LogP contribution is -2.06. The van der Waals surface area contributed by atoms with Gasteiger partial charge in [0.25, 0.3) is 0 Å². The van der Waals surface area contributed by atoms with E-state index in [9.17, 15) is 9.90 Å². The van der Waals surface area contributed by atoms with Crippen LogP contribution in [-0.4, -0.2) is 21.7 Å². The SMILES string of the molecule is CC(=O)n1c(O)cc2cc(OC(C)C)ccc21. The molecule has 17 heavy (non-hydrogen) atoms. The summed E-state index contributed by atoms with van der Waals surface area (Å²) in [5, 5.41) is 10.5. The third-order valence-electron chi connectivity index (χ3n) is 2.44. The molecule has 0 amide bonds. The van der Waals surface area contributed by atoms with Crippen LogP contribution in [-0.2, 0) is 0 Å². The van der Waals surface area contributed by atoms with Crippen molar-refractivity contribution in [3.8, 4) is 11.6 Å². The quantitative estimate of drug-likeness (QED) is 0.867. The maximum Gasteiger partial charge on any atom is 0.230 e. The summed E-state index contributed by atoms with van der Waals surface area (Å²) < 4.78 is 6.83. The highest BCUT2D eigenvalue weighted by molar-refractivity contribution is 5.94. The van der Waals surface area contributed by atoms with Gasteiger partial charge in [-0.2, -0.15) is 0 Å². The van der Waals surface area contributed by atoms with Crippen LogP contribution in [0.5, 0.6) is 11.6 Å². The zero-order chi connectivity index (χ0) is 12.6. The highest BCUT2D eigenvalue weighted by atomic mass is 16.5. The molecule has 0 aliphatic heterocycles. The normalized spacial score (nSPS) is 11.1. The topological polar surface area (TPSA) is 51.5 Å². The second kappa shape index (κ2) is 4.13. The van der Waals surface area contributed by atoms with Gasteiger partial charge in [0.15, 0.2) is 5.88 Å². The van der Waals surface area contributed by atoms with Crippen LogP contribution in [0.25, 0.3) is 10.9 Å². The van der Waals surface area contributed by atoms with Gasteiger partial charge >= 0.3 is 0 Å². The predicted molar refractivity (Wildman–Crippen MR) is 65.7 cm³/mol. The van der Waals surface area contributed by atoms with Crippen molar-refractivity contribution < 1.29 is 14.6 Å². The van der Waals surface area contributed by atoms with Crippen LogP contribution in [0, 0.1) is 0 Å². The van der Waals surface area contributed by atoms with Gasteiger partial charge in [-0.25, -0.2) is 0 Å². The van der Waals surface area contributed by atoms with Crippen LogP contribution in [0.4, 0.5) is 0 Å². The van der Waals surface area contributed by atoms with Crippen molar-refractivity contribution in [1.29, 1.82) is 0 Å². The Morgan fingerprint density at radius 1 is 1.35 bits per heavy atom. The Hall–Kier alpha value is -1.97. The van der Waals surface area contributed by atoms with Crippen LogP contribution in [0.3, 0.4) is 0 Å². The summed E-state index contributed by atoms with van der Waals surface area (Å²) in [6, 6.07) is 6.94. The summed E-state index contributed by atoms with van der Waals surface area (Å²) in [6.07, 6.45) is 0.0935. The smallest absolute Gasteiger partial charge is 0.230 e. The number of aromatic hydroxyl groups is 1. The van der Waals surface area contributed by atoms with Crippen molar-refractivity contribution >= 4 is 16.8 Å². The molecule has 0 spiro atoms. The van der Waals surface area contributed by atoms with Crippen LogP contribution in [0.2, 0.25) is 0 Å². The van der Waals surface area contributed by atoms with E-state index in [1.807, 2.05) is 19.9 Å². The summed E-state index contributed by atoms with van der Waals surface area (Å²) in [7, 11) is 0. The Kier molecular flexibility index (Phi) is 2.79. The number of rotatable bonds is 2. The molecule has 0 fully saturated rings. The monoisotopic (exact) mass is 233 g/mol. The van der Waals surface area contributed by atoms with E-state index in [1.54, 1.807) is 18.2 Å². The fraction of sp³-hybridized carbons (Fsp3) is 0.308. The molecule has 90 valence electrons. The first-order valence-electron chi connectivity index (χ1n) is 5.51. The number of ether oxygens (including phenoxy) is 1. The molecule has 1 heterocycles. The number of carbonyl (C=O) groups excluding carboxylic acids is 1. The van der Waals surface area contributed by atoms with E-state index in [0.29, 0.717) is 5.52 Å². The zero-order valence-electron chi connectivity index (χ0n) is 10.1. The summed E-state index contributed by atoms with van der Waals surface area (Å²) >= 11 is 0. The molecule has 0 unspecified atom stereocenters. The Bertz CT molecular complexity index is 569. The molecular formula is C13H15NO3. The Morgan fingerprint density at radius 3 is 2.65 bits per heavy atom. The van der Waals surface area contributed by atoms with Gasteiger partial charge in [0.2, 0.25) is 5.91 Å². The maximum atomic E-state index is 11.4. The van der Waals surface area contributed by atoms with Crippen molar-refractivity contribution in [3.63, 3.8) is 0 Å². The molecular weight excluding hydrogens is 218 g/mol. The molecule has 4 heteroatoms. The van der Waals surface area contributed by atoms with Crippen molar-refractivity contribution in [2.75, 3.05) is 0 Å². The molecule has 1 aromatic heterocycles. The number of hydrogen-bond donors (Lipinski definition) is 1. The van der Waals surface area contributed by atoms with Gasteiger partial charge in [0.1, 0.15) is 5.75 Å². The molecule has 1 aromatic carbocycles. The minimum Gasteiger partial charge on any atom is -0.494 e. The van der Waals surface area contributed by atoms with E-state index in [-0.39, 0.29) is 17.9 Å². The second-order valence-electron chi connectivity index (χ2n) is 4.24. The van der Waals surface area contributed by atoms with Gasteiger partial charge in [-0.05, 0) is 32.0 Å². The van der Waals surface area contributed by atoms with Gasteiger partial charge in [0.05, 0.1) is 11.6 Å². The molecule has 0 aliphatic carbocycles. The Balaban J connectivity index is 2.54. The van der Waals surface area contributed by atoms with Crippen LogP contribution >= 0.6 is 0 Å². The number of carbonyl (C=O) groups is 1. The molecule has 1 N–H and O–H groups in total. The van der Waals surface area contributed by atoms with Gasteiger partial charge < -0.3 is 9.84 Å². The van der Waals surface area contributed by atoms with Crippen molar-refractivity contribution in [2.45, 2.75) is 26.9 Å². The second-order valence-corrected chi connectivity index (χ2v) is 4.24. The number of nitrogens with zero attached hydrogens (tertiary/aromatic N) is 1. The van der Waals surface area contributed by atoms with Gasteiger partial charge in [-0.15, -0.1) is 0 Å². The number of benzene rings is 1. The largest absolute Gasteiger partial charge is 0.494 e. The molecule has 0 bridgehead atoms. The van der Waals surface area contributed by atoms with Gasteiger partial charge in [0, 0.05) is 18.4 Å². The zero-order valence-corrected chi connectivity index (χ0v) is 10.1. The van der Waals surface area contributed by atoms with Gasteiger partial charge in [-0.1, -0.05) is 0 Å². The maximum absolute atomic E-state index is 11.4. The van der Waals surface area contributed by atoms with Crippen molar-refractivity contribution in [3.05, 3.63) is 24.3 Å². The van der Waals surface area contributed by atoms with E-state index in [2.05, 4.69) is 0 Å². The predicted octanol–water partition coefficient (Wildman–Crippen LogP) is 2.79. The number of fused-ring (bicyclic) bond motifs is 1. The van der Waals surface area contributed by atoms with Crippen LogP contribution in [0.1, 0.15) is 25.6 Å². The molecule has 2 rings (SSSR count). The first-order chi connectivity index (χ1) is 7.99. The molecule has 0 atom stereocenters. The first kappa shape index (κ1) is 11.5. The molecule has 0 saturated heterocycles. The molecule has 0 saturated carbocycles. The fourth-order valence-electron chi connectivity index (χ4n) is 1.86. The highest BCUT2D eigenvalue weighted by Gasteiger charge is 2.11. The summed E-state index contributed by atoms with van der Waals surface area (Å²) in [5.41, 5.74) is 0.686. The van der Waals surface area contributed by atoms with E-state index < -0.39 is 0 Å². The van der Waals surface area contributed by atoms with E-state index >= 15 is 0 Å². The molecule has 0 aliphatic rings. The van der Waals surface area contributed by atoms with Crippen LogP contribution < -0.4 is 4.74 Å². The van der Waals surface area contributed by atoms with Crippen molar-refractivity contribution in [2.24, 2.45) is 0 Å². The third kappa shape index (κ3) is 2.11. The fourth-order valence-corrected chi connectivity index (χ4v) is 1.86. The van der Waals surface area contributed by atoms with E-state index in [1.165, 1.54) is 11.5 Å². The summed E-state index contributed by atoms with van der Waals surface area (Å²) in [4.78, 5) is 11.4. The lowest BCUT2D eigenvalue weighted by Gasteiger charge is -2.09. The molecule has 4 nitrogen and oxygen atoms in total. The summed E-state index contributed by atoms with van der Waals surface area (Å²) in [5.74, 6) is 0.470. The lowest BCUT2D eigenvalue weighted by molar-refractivity contribution is 0.0933. The summed E-state index contributed by atoms with van der Waals surface area (Å²) in [6.45, 7) is 5.31. The average Bonchev–Trinajstić information content (AvgIpc) is 2.51. The highest BCUT2D eigenvalue weighted by Crippen LogP contribution is 2.28.